The summed E-state index contributed by atoms with van der Waals surface area (Å²) >= 11 is 0. The van der Waals surface area contributed by atoms with Gasteiger partial charge in [-0.3, -0.25) is 9.36 Å². The molecule has 0 aromatic carbocycles. The van der Waals surface area contributed by atoms with E-state index in [4.69, 9.17) is 10.00 Å². The van der Waals surface area contributed by atoms with Crippen LogP contribution in [-0.4, -0.2) is 22.9 Å². The SMILES string of the molecule is CCCOCCn1c(O)c(C#N)c(C)cc1=O. The molecule has 0 radical (unpaired) electrons. The fourth-order valence-electron chi connectivity index (χ4n) is 1.51. The van der Waals surface area contributed by atoms with Crippen LogP contribution >= 0.6 is 0 Å². The molecule has 92 valence electrons. The van der Waals surface area contributed by atoms with Crippen molar-refractivity contribution in [3.63, 3.8) is 0 Å². The Morgan fingerprint density at radius 2 is 2.24 bits per heavy atom. The maximum atomic E-state index is 11.6. The first-order valence-electron chi connectivity index (χ1n) is 5.53. The lowest BCUT2D eigenvalue weighted by Gasteiger charge is -2.10. The molecular formula is C12H16N2O3. The second kappa shape index (κ2) is 6.06. The topological polar surface area (TPSA) is 75.2 Å². The summed E-state index contributed by atoms with van der Waals surface area (Å²) in [4.78, 5) is 11.6. The number of ether oxygens (including phenoxy) is 1. The molecular weight excluding hydrogens is 220 g/mol. The summed E-state index contributed by atoms with van der Waals surface area (Å²) in [6, 6.07) is 3.23. The summed E-state index contributed by atoms with van der Waals surface area (Å²) in [6.45, 7) is 4.82. The standard InChI is InChI=1S/C12H16N2O3/c1-3-5-17-6-4-14-11(15)7-9(2)10(8-13)12(14)16/h7,16H,3-6H2,1-2H3. The third-order valence-electron chi connectivity index (χ3n) is 2.40. The predicted molar refractivity (Wildman–Crippen MR) is 62.9 cm³/mol. The smallest absolute Gasteiger partial charge is 0.253 e. The fourth-order valence-corrected chi connectivity index (χ4v) is 1.51. The minimum Gasteiger partial charge on any atom is -0.493 e. The van der Waals surface area contributed by atoms with Crippen LogP contribution in [0, 0.1) is 18.3 Å². The van der Waals surface area contributed by atoms with Crippen molar-refractivity contribution in [2.75, 3.05) is 13.2 Å². The molecule has 1 aromatic heterocycles. The molecule has 0 amide bonds. The van der Waals surface area contributed by atoms with E-state index < -0.39 is 0 Å². The Bertz CT molecular complexity index is 486. The quantitative estimate of drug-likeness (QED) is 0.778. The van der Waals surface area contributed by atoms with E-state index in [1.165, 1.54) is 6.07 Å². The first-order valence-corrected chi connectivity index (χ1v) is 5.53. The van der Waals surface area contributed by atoms with Gasteiger partial charge in [-0.05, 0) is 18.9 Å². The van der Waals surface area contributed by atoms with Gasteiger partial charge in [0.1, 0.15) is 11.6 Å². The molecule has 1 heterocycles. The van der Waals surface area contributed by atoms with Gasteiger partial charge < -0.3 is 9.84 Å². The largest absolute Gasteiger partial charge is 0.493 e. The van der Waals surface area contributed by atoms with Crippen LogP contribution < -0.4 is 5.56 Å². The molecule has 0 saturated carbocycles. The zero-order valence-electron chi connectivity index (χ0n) is 10.1. The molecule has 1 N–H and O–H groups in total. The molecule has 0 aliphatic heterocycles. The molecule has 5 heteroatoms. The Morgan fingerprint density at radius 1 is 1.53 bits per heavy atom. The number of aromatic hydroxyl groups is 1. The van der Waals surface area contributed by atoms with Crippen molar-refractivity contribution in [3.8, 4) is 11.9 Å². The van der Waals surface area contributed by atoms with E-state index in [2.05, 4.69) is 0 Å². The molecule has 0 aliphatic rings. The van der Waals surface area contributed by atoms with Crippen LogP contribution in [0.25, 0.3) is 0 Å². The lowest BCUT2D eigenvalue weighted by molar-refractivity contribution is 0.124. The third kappa shape index (κ3) is 3.08. The minimum atomic E-state index is -0.320. The monoisotopic (exact) mass is 236 g/mol. The van der Waals surface area contributed by atoms with Crippen molar-refractivity contribution in [2.24, 2.45) is 0 Å². The molecule has 0 aliphatic carbocycles. The van der Waals surface area contributed by atoms with Gasteiger partial charge in [-0.15, -0.1) is 0 Å². The van der Waals surface area contributed by atoms with Crippen LogP contribution in [0.3, 0.4) is 0 Å². The number of hydrogen-bond acceptors (Lipinski definition) is 4. The van der Waals surface area contributed by atoms with Crippen molar-refractivity contribution < 1.29 is 9.84 Å². The summed E-state index contributed by atoms with van der Waals surface area (Å²) in [5.74, 6) is -0.280. The molecule has 0 bridgehead atoms. The van der Waals surface area contributed by atoms with Crippen molar-refractivity contribution in [1.82, 2.24) is 4.57 Å². The van der Waals surface area contributed by atoms with Gasteiger partial charge in [0.25, 0.3) is 5.56 Å². The van der Waals surface area contributed by atoms with E-state index >= 15 is 0 Å². The zero-order chi connectivity index (χ0) is 12.8. The van der Waals surface area contributed by atoms with Gasteiger partial charge in [0.15, 0.2) is 0 Å². The average molecular weight is 236 g/mol. The molecule has 0 atom stereocenters. The van der Waals surface area contributed by atoms with Gasteiger partial charge >= 0.3 is 0 Å². The van der Waals surface area contributed by atoms with E-state index in [0.717, 1.165) is 11.0 Å². The number of rotatable bonds is 5. The zero-order valence-corrected chi connectivity index (χ0v) is 10.1. The number of hydrogen-bond donors (Lipinski definition) is 1. The maximum absolute atomic E-state index is 11.6. The summed E-state index contributed by atoms with van der Waals surface area (Å²) in [5, 5.41) is 18.7. The van der Waals surface area contributed by atoms with E-state index in [9.17, 15) is 9.90 Å². The van der Waals surface area contributed by atoms with Crippen molar-refractivity contribution in [1.29, 1.82) is 5.26 Å². The summed E-state index contributed by atoms with van der Waals surface area (Å²) in [7, 11) is 0. The number of pyridine rings is 1. The number of nitriles is 1. The molecule has 5 nitrogen and oxygen atoms in total. The van der Waals surface area contributed by atoms with Gasteiger partial charge in [-0.1, -0.05) is 6.92 Å². The van der Waals surface area contributed by atoms with Gasteiger partial charge in [0.2, 0.25) is 5.88 Å². The first kappa shape index (κ1) is 13.3. The summed E-state index contributed by atoms with van der Waals surface area (Å²) in [5.41, 5.74) is 0.305. The van der Waals surface area contributed by atoms with Crippen molar-refractivity contribution in [3.05, 3.63) is 27.5 Å². The molecule has 0 saturated heterocycles. The van der Waals surface area contributed by atoms with Crippen LogP contribution in [0.1, 0.15) is 24.5 Å². The van der Waals surface area contributed by atoms with Gasteiger partial charge in [-0.2, -0.15) is 5.26 Å². The minimum absolute atomic E-state index is 0.139. The van der Waals surface area contributed by atoms with Crippen LogP contribution in [0.15, 0.2) is 10.9 Å². The highest BCUT2D eigenvalue weighted by atomic mass is 16.5. The average Bonchev–Trinajstić information content (AvgIpc) is 2.28. The molecule has 17 heavy (non-hydrogen) atoms. The number of aryl methyl sites for hydroxylation is 1. The number of nitrogens with zero attached hydrogens (tertiary/aromatic N) is 2. The Kier molecular flexibility index (Phi) is 4.73. The highest BCUT2D eigenvalue weighted by Gasteiger charge is 2.11. The number of aromatic nitrogens is 1. The Labute approximate surface area is 99.9 Å². The molecule has 1 rings (SSSR count). The second-order valence-electron chi connectivity index (χ2n) is 3.74. The van der Waals surface area contributed by atoms with Gasteiger partial charge in [-0.25, -0.2) is 0 Å². The predicted octanol–water partition coefficient (Wildman–Crippen LogP) is 1.16. The van der Waals surface area contributed by atoms with Gasteiger partial charge in [0.05, 0.1) is 13.2 Å². The fraction of sp³-hybridized carbons (Fsp3) is 0.500. The van der Waals surface area contributed by atoms with Crippen LogP contribution in [-0.2, 0) is 11.3 Å². The lowest BCUT2D eigenvalue weighted by Crippen LogP contribution is -2.23. The Balaban J connectivity index is 2.93. The van der Waals surface area contributed by atoms with E-state index in [1.54, 1.807) is 6.92 Å². The summed E-state index contributed by atoms with van der Waals surface area (Å²) in [6.07, 6.45) is 0.901. The first-order chi connectivity index (χ1) is 8.11. The molecule has 0 unspecified atom stereocenters. The van der Waals surface area contributed by atoms with E-state index in [1.807, 2.05) is 13.0 Å². The molecule has 0 spiro atoms. The Morgan fingerprint density at radius 3 is 2.82 bits per heavy atom. The van der Waals surface area contributed by atoms with E-state index in [0.29, 0.717) is 18.8 Å². The van der Waals surface area contributed by atoms with Crippen LogP contribution in [0.4, 0.5) is 0 Å². The maximum Gasteiger partial charge on any atom is 0.253 e. The van der Waals surface area contributed by atoms with Gasteiger partial charge in [0, 0.05) is 12.7 Å². The normalized spacial score (nSPS) is 10.2. The van der Waals surface area contributed by atoms with E-state index in [-0.39, 0.29) is 23.5 Å². The van der Waals surface area contributed by atoms with Crippen LogP contribution in [0.2, 0.25) is 0 Å². The highest BCUT2D eigenvalue weighted by molar-refractivity contribution is 5.43. The molecule has 1 aromatic rings. The van der Waals surface area contributed by atoms with Crippen molar-refractivity contribution in [2.45, 2.75) is 26.8 Å². The summed E-state index contributed by atoms with van der Waals surface area (Å²) < 4.78 is 6.40. The Hall–Kier alpha value is -1.80. The third-order valence-corrected chi connectivity index (χ3v) is 2.40. The lowest BCUT2D eigenvalue weighted by atomic mass is 10.1. The highest BCUT2D eigenvalue weighted by Crippen LogP contribution is 2.16. The van der Waals surface area contributed by atoms with Crippen molar-refractivity contribution >= 4 is 0 Å². The second-order valence-corrected chi connectivity index (χ2v) is 3.74. The van der Waals surface area contributed by atoms with Crippen LogP contribution in [0.5, 0.6) is 5.88 Å². The molecule has 0 fully saturated rings.